The second-order valence-electron chi connectivity index (χ2n) is 10.4. The fourth-order valence-corrected chi connectivity index (χ4v) is 4.67. The maximum absolute atomic E-state index is 12.9. The van der Waals surface area contributed by atoms with Gasteiger partial charge in [-0.25, -0.2) is 9.80 Å². The maximum atomic E-state index is 12.9. The van der Waals surface area contributed by atoms with Crippen LogP contribution in [0.5, 0.6) is 23.0 Å². The topological polar surface area (TPSA) is 104 Å². The molecule has 0 radical (unpaired) electrons. The highest BCUT2D eigenvalue weighted by Crippen LogP contribution is 2.34. The normalized spacial score (nSPS) is 13.8. The summed E-state index contributed by atoms with van der Waals surface area (Å²) >= 11 is 0. The summed E-state index contributed by atoms with van der Waals surface area (Å²) in [6, 6.07) is 19.1. The summed E-state index contributed by atoms with van der Waals surface area (Å²) in [5.41, 5.74) is 4.28. The Morgan fingerprint density at radius 2 is 1.64 bits per heavy atom. The van der Waals surface area contributed by atoms with Crippen LogP contribution in [0.1, 0.15) is 43.0 Å². The summed E-state index contributed by atoms with van der Waals surface area (Å²) in [6.07, 6.45) is 4.71. The number of hydrazine groups is 1. The lowest BCUT2D eigenvalue weighted by Crippen LogP contribution is -2.39. The third-order valence-electron chi connectivity index (χ3n) is 6.85. The fraction of sp³-hybridized carbons (Fsp3) is 0.375. The van der Waals surface area contributed by atoms with Crippen LogP contribution in [-0.4, -0.2) is 68.8 Å². The zero-order valence-electron chi connectivity index (χ0n) is 24.8. The van der Waals surface area contributed by atoms with Crippen LogP contribution in [0.3, 0.4) is 0 Å². The number of benzene rings is 3. The lowest BCUT2D eigenvalue weighted by molar-refractivity contribution is 0.0996. The Hall–Kier alpha value is -4.28. The van der Waals surface area contributed by atoms with E-state index < -0.39 is 0 Å². The molecule has 1 aliphatic rings. The number of hydrogen-bond donors (Lipinski definition) is 3. The standard InChI is InChI=1S/C32H41N5O5/c1-5-6-18-37-19-16-27(17-20-37)41-26-13-10-23(11-14-26)31(38)33-24-8-7-9-28(21-24)42-29-15-12-25(22-30(29)40-4)34-32(39)35-36(2)3/h7-15,21-22,27H,5-6,16-20H2,1-4H3,(H,33,38)(H2,34,35,39). The first-order valence-corrected chi connectivity index (χ1v) is 14.3. The number of methoxy groups -OCH3 is 1. The van der Waals surface area contributed by atoms with Crippen LogP contribution in [0, 0.1) is 0 Å². The number of unbranched alkanes of at least 4 members (excludes halogenated alkanes) is 1. The van der Waals surface area contributed by atoms with E-state index in [-0.39, 0.29) is 18.0 Å². The van der Waals surface area contributed by atoms with Gasteiger partial charge in [0.1, 0.15) is 17.6 Å². The molecule has 0 spiro atoms. The van der Waals surface area contributed by atoms with E-state index in [1.807, 2.05) is 12.1 Å². The van der Waals surface area contributed by atoms with Crippen molar-refractivity contribution >= 4 is 23.3 Å². The van der Waals surface area contributed by atoms with Crippen molar-refractivity contribution in [3.05, 3.63) is 72.3 Å². The Morgan fingerprint density at radius 3 is 2.33 bits per heavy atom. The Labute approximate surface area is 247 Å². The SMILES string of the molecule is CCCCN1CCC(Oc2ccc(C(=O)Nc3cccc(Oc4ccc(NC(=O)NN(C)C)cc4OC)c3)cc2)CC1. The molecule has 3 aromatic rings. The predicted molar refractivity (Wildman–Crippen MR) is 165 cm³/mol. The number of nitrogens with zero attached hydrogens (tertiary/aromatic N) is 2. The molecule has 224 valence electrons. The van der Waals surface area contributed by atoms with Crippen molar-refractivity contribution in [2.75, 3.05) is 51.5 Å². The quantitative estimate of drug-likeness (QED) is 0.228. The Kier molecular flexibility index (Phi) is 11.0. The molecule has 0 atom stereocenters. The molecule has 0 aliphatic carbocycles. The average molecular weight is 576 g/mol. The van der Waals surface area contributed by atoms with Gasteiger partial charge in [-0.1, -0.05) is 19.4 Å². The van der Waals surface area contributed by atoms with Gasteiger partial charge < -0.3 is 29.7 Å². The Morgan fingerprint density at radius 1 is 0.905 bits per heavy atom. The van der Waals surface area contributed by atoms with Gasteiger partial charge in [-0.05, 0) is 74.3 Å². The first kappa shape index (κ1) is 30.7. The summed E-state index contributed by atoms with van der Waals surface area (Å²) in [5, 5.41) is 7.20. The number of hydrogen-bond acceptors (Lipinski definition) is 7. The van der Waals surface area contributed by atoms with Crippen LogP contribution in [0.15, 0.2) is 66.7 Å². The highest BCUT2D eigenvalue weighted by atomic mass is 16.5. The maximum Gasteiger partial charge on any atom is 0.333 e. The van der Waals surface area contributed by atoms with Crippen LogP contribution < -0.4 is 30.3 Å². The summed E-state index contributed by atoms with van der Waals surface area (Å²) < 4.78 is 17.7. The summed E-state index contributed by atoms with van der Waals surface area (Å²) in [6.45, 7) is 5.53. The Bertz CT molecular complexity index is 1320. The molecule has 0 aromatic heterocycles. The van der Waals surface area contributed by atoms with Crippen molar-refractivity contribution in [1.29, 1.82) is 0 Å². The van der Waals surface area contributed by atoms with Gasteiger partial charge in [0.05, 0.1) is 7.11 Å². The number of likely N-dealkylation sites (tertiary alicyclic amines) is 1. The molecule has 4 rings (SSSR count). The summed E-state index contributed by atoms with van der Waals surface area (Å²) in [4.78, 5) is 27.4. The van der Waals surface area contributed by atoms with Crippen LogP contribution in [0.2, 0.25) is 0 Å². The molecule has 3 amide bonds. The van der Waals surface area contributed by atoms with Crippen LogP contribution in [0.4, 0.5) is 16.2 Å². The highest BCUT2D eigenvalue weighted by Gasteiger charge is 2.20. The first-order valence-electron chi connectivity index (χ1n) is 14.3. The molecule has 1 aliphatic heterocycles. The molecule has 1 saturated heterocycles. The Balaban J connectivity index is 1.31. The predicted octanol–water partition coefficient (Wildman–Crippen LogP) is 5.98. The van der Waals surface area contributed by atoms with Gasteiger partial charge in [0.15, 0.2) is 11.5 Å². The van der Waals surface area contributed by atoms with Crippen molar-refractivity contribution in [2.24, 2.45) is 0 Å². The smallest absolute Gasteiger partial charge is 0.333 e. The fourth-order valence-electron chi connectivity index (χ4n) is 4.67. The van der Waals surface area contributed by atoms with E-state index in [0.717, 1.165) is 31.7 Å². The van der Waals surface area contributed by atoms with Gasteiger partial charge in [-0.3, -0.25) is 10.2 Å². The molecule has 10 heteroatoms. The van der Waals surface area contributed by atoms with E-state index >= 15 is 0 Å². The molecule has 0 unspecified atom stereocenters. The van der Waals surface area contributed by atoms with Gasteiger partial charge in [-0.2, -0.15) is 0 Å². The van der Waals surface area contributed by atoms with Gasteiger partial charge in [-0.15, -0.1) is 0 Å². The monoisotopic (exact) mass is 575 g/mol. The largest absolute Gasteiger partial charge is 0.493 e. The van der Waals surface area contributed by atoms with E-state index in [1.54, 1.807) is 73.7 Å². The van der Waals surface area contributed by atoms with E-state index in [4.69, 9.17) is 14.2 Å². The molecular weight excluding hydrogens is 534 g/mol. The van der Waals surface area contributed by atoms with E-state index in [1.165, 1.54) is 26.5 Å². The number of amides is 3. The van der Waals surface area contributed by atoms with Crippen molar-refractivity contribution in [1.82, 2.24) is 15.3 Å². The minimum atomic E-state index is -0.375. The molecule has 1 heterocycles. The van der Waals surface area contributed by atoms with Crippen LogP contribution >= 0.6 is 0 Å². The first-order chi connectivity index (χ1) is 20.3. The van der Waals surface area contributed by atoms with Crippen LogP contribution in [0.25, 0.3) is 0 Å². The molecule has 0 saturated carbocycles. The number of piperidine rings is 1. The lowest BCUT2D eigenvalue weighted by atomic mass is 10.1. The van der Waals surface area contributed by atoms with Crippen molar-refractivity contribution in [2.45, 2.75) is 38.7 Å². The zero-order valence-corrected chi connectivity index (χ0v) is 24.8. The number of nitrogens with one attached hydrogen (secondary N) is 3. The lowest BCUT2D eigenvalue weighted by Gasteiger charge is -2.32. The summed E-state index contributed by atoms with van der Waals surface area (Å²) in [5.74, 6) is 1.97. The number of carbonyl (C=O) groups excluding carboxylic acids is 2. The highest BCUT2D eigenvalue weighted by molar-refractivity contribution is 6.04. The van der Waals surface area contributed by atoms with E-state index in [9.17, 15) is 9.59 Å². The van der Waals surface area contributed by atoms with Crippen LogP contribution in [-0.2, 0) is 0 Å². The van der Waals surface area contributed by atoms with Gasteiger partial charge in [0.25, 0.3) is 5.91 Å². The van der Waals surface area contributed by atoms with Crippen molar-refractivity contribution < 1.29 is 23.8 Å². The number of rotatable bonds is 12. The molecule has 0 bridgehead atoms. The second kappa shape index (κ2) is 15.1. The molecule has 42 heavy (non-hydrogen) atoms. The minimum absolute atomic E-state index is 0.207. The molecular formula is C32H41N5O5. The van der Waals surface area contributed by atoms with Gasteiger partial charge >= 0.3 is 6.03 Å². The average Bonchev–Trinajstić information content (AvgIpc) is 2.97. The van der Waals surface area contributed by atoms with E-state index in [0.29, 0.717) is 34.2 Å². The summed E-state index contributed by atoms with van der Waals surface area (Å²) in [7, 11) is 4.97. The number of urea groups is 1. The molecule has 3 N–H and O–H groups in total. The third kappa shape index (κ3) is 9.12. The zero-order chi connectivity index (χ0) is 29.9. The second-order valence-corrected chi connectivity index (χ2v) is 10.4. The number of carbonyl (C=O) groups is 2. The van der Waals surface area contributed by atoms with Gasteiger partial charge in [0, 0.05) is 56.3 Å². The third-order valence-corrected chi connectivity index (χ3v) is 6.85. The van der Waals surface area contributed by atoms with Crippen molar-refractivity contribution in [3.63, 3.8) is 0 Å². The number of ether oxygens (including phenoxy) is 3. The molecule has 3 aromatic carbocycles. The minimum Gasteiger partial charge on any atom is -0.493 e. The van der Waals surface area contributed by atoms with E-state index in [2.05, 4.69) is 27.9 Å². The molecule has 10 nitrogen and oxygen atoms in total. The van der Waals surface area contributed by atoms with Gasteiger partial charge in [0.2, 0.25) is 0 Å². The number of anilines is 2. The van der Waals surface area contributed by atoms with Crippen molar-refractivity contribution in [3.8, 4) is 23.0 Å². The molecule has 1 fully saturated rings.